The van der Waals surface area contributed by atoms with Gasteiger partial charge in [0.15, 0.2) is 16.5 Å². The highest BCUT2D eigenvalue weighted by Gasteiger charge is 2.16. The molecule has 0 radical (unpaired) electrons. The average Bonchev–Trinajstić information content (AvgIpc) is 3.32. The molecular weight excluding hydrogens is 324 g/mol. The van der Waals surface area contributed by atoms with Crippen LogP contribution in [-0.4, -0.2) is 19.7 Å². The Morgan fingerprint density at radius 1 is 1.17 bits per heavy atom. The Labute approximate surface area is 142 Å². The fraction of sp³-hybridized carbons (Fsp3) is 0.118. The number of allylic oxidation sites excluding steroid dienone is 1. The van der Waals surface area contributed by atoms with Crippen molar-refractivity contribution in [3.05, 3.63) is 61.2 Å². The van der Waals surface area contributed by atoms with E-state index in [0.29, 0.717) is 29.8 Å². The molecule has 7 heteroatoms. The first-order valence-electron chi connectivity index (χ1n) is 7.40. The van der Waals surface area contributed by atoms with Crippen LogP contribution in [0.1, 0.15) is 5.89 Å². The van der Waals surface area contributed by atoms with Gasteiger partial charge in [0.05, 0.1) is 12.0 Å². The molecule has 0 saturated heterocycles. The molecule has 3 aromatic heterocycles. The molecule has 6 nitrogen and oxygen atoms in total. The molecule has 0 aliphatic heterocycles. The first-order chi connectivity index (χ1) is 11.8. The van der Waals surface area contributed by atoms with Gasteiger partial charge in [-0.05, 0) is 24.3 Å². The van der Waals surface area contributed by atoms with Crippen LogP contribution >= 0.6 is 11.8 Å². The maximum Gasteiger partial charge on any atom is 0.205 e. The zero-order valence-electron chi connectivity index (χ0n) is 12.8. The lowest BCUT2D eigenvalue weighted by Gasteiger charge is -2.05. The van der Waals surface area contributed by atoms with Crippen molar-refractivity contribution < 1.29 is 8.83 Å². The van der Waals surface area contributed by atoms with E-state index in [9.17, 15) is 0 Å². The Bertz CT molecular complexity index is 939. The summed E-state index contributed by atoms with van der Waals surface area (Å²) in [6.07, 6.45) is 3.42. The van der Waals surface area contributed by atoms with Crippen LogP contribution in [0.5, 0.6) is 0 Å². The number of fused-ring (bicyclic) bond motifs is 1. The lowest BCUT2D eigenvalue weighted by molar-refractivity contribution is 0.555. The van der Waals surface area contributed by atoms with E-state index in [-0.39, 0.29) is 0 Å². The van der Waals surface area contributed by atoms with Crippen molar-refractivity contribution in [2.75, 3.05) is 0 Å². The van der Waals surface area contributed by atoms with E-state index in [0.717, 1.165) is 16.3 Å². The van der Waals surface area contributed by atoms with E-state index in [1.807, 2.05) is 41.0 Å². The van der Waals surface area contributed by atoms with Gasteiger partial charge in [-0.3, -0.25) is 4.57 Å². The minimum atomic E-state index is 0.572. The molecule has 0 fully saturated rings. The number of furan rings is 1. The zero-order valence-corrected chi connectivity index (χ0v) is 13.6. The van der Waals surface area contributed by atoms with Crippen LogP contribution in [0.2, 0.25) is 0 Å². The molecule has 0 saturated carbocycles. The Kier molecular flexibility index (Phi) is 3.92. The minimum absolute atomic E-state index is 0.572. The smallest absolute Gasteiger partial charge is 0.205 e. The van der Waals surface area contributed by atoms with Crippen LogP contribution in [-0.2, 0) is 12.3 Å². The molecule has 0 atom stereocenters. The van der Waals surface area contributed by atoms with Crippen molar-refractivity contribution in [1.29, 1.82) is 0 Å². The van der Waals surface area contributed by atoms with Gasteiger partial charge in [-0.15, -0.1) is 16.8 Å². The quantitative estimate of drug-likeness (QED) is 0.388. The SMILES string of the molecule is C=CCn1c(SCc2nc3ccccc3o2)nnc1-c1ccco1. The first kappa shape index (κ1) is 14.8. The molecule has 0 amide bonds. The lowest BCUT2D eigenvalue weighted by Crippen LogP contribution is -2.00. The average molecular weight is 338 g/mol. The lowest BCUT2D eigenvalue weighted by atomic mass is 10.3. The molecule has 0 bridgehead atoms. The summed E-state index contributed by atoms with van der Waals surface area (Å²) in [6, 6.07) is 11.4. The maximum absolute atomic E-state index is 5.74. The number of rotatable bonds is 6. The molecule has 0 unspecified atom stereocenters. The van der Waals surface area contributed by atoms with Crippen LogP contribution < -0.4 is 0 Å². The zero-order chi connectivity index (χ0) is 16.4. The largest absolute Gasteiger partial charge is 0.461 e. The van der Waals surface area contributed by atoms with Gasteiger partial charge in [0.1, 0.15) is 5.52 Å². The number of benzene rings is 1. The highest BCUT2D eigenvalue weighted by molar-refractivity contribution is 7.98. The number of hydrogen-bond acceptors (Lipinski definition) is 6. The van der Waals surface area contributed by atoms with Gasteiger partial charge in [-0.2, -0.15) is 0 Å². The van der Waals surface area contributed by atoms with E-state index < -0.39 is 0 Å². The third-order valence-electron chi connectivity index (χ3n) is 3.43. The Hall–Kier alpha value is -2.80. The van der Waals surface area contributed by atoms with Crippen LogP contribution in [0, 0.1) is 0 Å². The summed E-state index contributed by atoms with van der Waals surface area (Å²) in [4.78, 5) is 4.48. The van der Waals surface area contributed by atoms with Crippen LogP contribution in [0.25, 0.3) is 22.7 Å². The third-order valence-corrected chi connectivity index (χ3v) is 4.38. The molecule has 0 N–H and O–H groups in total. The molecule has 0 aliphatic rings. The van der Waals surface area contributed by atoms with E-state index in [1.54, 1.807) is 12.3 Å². The molecule has 1 aromatic carbocycles. The Morgan fingerprint density at radius 3 is 2.88 bits per heavy atom. The van der Waals surface area contributed by atoms with Crippen molar-refractivity contribution >= 4 is 22.9 Å². The van der Waals surface area contributed by atoms with Gasteiger partial charge in [-0.25, -0.2) is 4.98 Å². The van der Waals surface area contributed by atoms with E-state index in [1.165, 1.54) is 11.8 Å². The van der Waals surface area contributed by atoms with Crippen molar-refractivity contribution in [2.45, 2.75) is 17.5 Å². The minimum Gasteiger partial charge on any atom is -0.461 e. The standard InChI is InChI=1S/C17H14N4O2S/c1-2-9-21-16(14-8-5-10-22-14)19-20-17(21)24-11-15-18-12-6-3-4-7-13(12)23-15/h2-8,10H,1,9,11H2. The molecule has 4 aromatic rings. The van der Waals surface area contributed by atoms with Gasteiger partial charge in [-0.1, -0.05) is 30.0 Å². The summed E-state index contributed by atoms with van der Waals surface area (Å²) < 4.78 is 13.1. The van der Waals surface area contributed by atoms with E-state index >= 15 is 0 Å². The summed E-state index contributed by atoms with van der Waals surface area (Å²) in [5, 5.41) is 9.26. The summed E-state index contributed by atoms with van der Waals surface area (Å²) in [7, 11) is 0. The Balaban J connectivity index is 1.58. The number of aromatic nitrogens is 4. The Morgan fingerprint density at radius 2 is 2.08 bits per heavy atom. The fourth-order valence-electron chi connectivity index (χ4n) is 2.39. The number of hydrogen-bond donors (Lipinski definition) is 0. The molecule has 24 heavy (non-hydrogen) atoms. The maximum atomic E-state index is 5.74. The normalized spacial score (nSPS) is 11.2. The van der Waals surface area contributed by atoms with Crippen molar-refractivity contribution in [2.24, 2.45) is 0 Å². The van der Waals surface area contributed by atoms with Crippen LogP contribution in [0.3, 0.4) is 0 Å². The number of para-hydroxylation sites is 2. The summed E-state index contributed by atoms with van der Waals surface area (Å²) in [5.41, 5.74) is 1.65. The van der Waals surface area contributed by atoms with Gasteiger partial charge in [0.25, 0.3) is 0 Å². The number of oxazole rings is 1. The van der Waals surface area contributed by atoms with Gasteiger partial charge < -0.3 is 8.83 Å². The molecule has 3 heterocycles. The van der Waals surface area contributed by atoms with Gasteiger partial charge in [0, 0.05) is 6.54 Å². The fourth-order valence-corrected chi connectivity index (χ4v) is 3.18. The first-order valence-corrected chi connectivity index (χ1v) is 8.39. The monoisotopic (exact) mass is 338 g/mol. The second-order valence-electron chi connectivity index (χ2n) is 5.05. The summed E-state index contributed by atoms with van der Waals surface area (Å²) in [6.45, 7) is 4.40. The predicted molar refractivity (Wildman–Crippen MR) is 91.5 cm³/mol. The van der Waals surface area contributed by atoms with Crippen molar-refractivity contribution in [3.63, 3.8) is 0 Å². The molecule has 0 spiro atoms. The highest BCUT2D eigenvalue weighted by Crippen LogP contribution is 2.27. The predicted octanol–water partition coefficient (Wildman–Crippen LogP) is 4.16. The van der Waals surface area contributed by atoms with E-state index in [4.69, 9.17) is 8.83 Å². The molecule has 120 valence electrons. The molecular formula is C17H14N4O2S. The van der Waals surface area contributed by atoms with Crippen molar-refractivity contribution in [3.8, 4) is 11.6 Å². The molecule has 0 aliphatic carbocycles. The van der Waals surface area contributed by atoms with Gasteiger partial charge >= 0.3 is 0 Å². The van der Waals surface area contributed by atoms with Crippen LogP contribution in [0.4, 0.5) is 0 Å². The third kappa shape index (κ3) is 2.74. The number of thioether (sulfide) groups is 1. The highest BCUT2D eigenvalue weighted by atomic mass is 32.2. The second-order valence-corrected chi connectivity index (χ2v) is 5.99. The van der Waals surface area contributed by atoms with E-state index in [2.05, 4.69) is 21.8 Å². The summed E-state index contributed by atoms with van der Waals surface area (Å²) >= 11 is 1.52. The second kappa shape index (κ2) is 6.37. The number of nitrogens with zero attached hydrogens (tertiary/aromatic N) is 4. The topological polar surface area (TPSA) is 69.9 Å². The van der Waals surface area contributed by atoms with Crippen molar-refractivity contribution in [1.82, 2.24) is 19.7 Å². The summed E-state index contributed by atoms with van der Waals surface area (Å²) in [5.74, 6) is 2.59. The molecule has 4 rings (SSSR count). The van der Waals surface area contributed by atoms with Crippen LogP contribution in [0.15, 0.2) is 69.3 Å². The van der Waals surface area contributed by atoms with Gasteiger partial charge in [0.2, 0.25) is 11.7 Å².